The number of amides is 2. The van der Waals surface area contributed by atoms with Crippen LogP contribution >= 0.6 is 11.6 Å². The Balaban J connectivity index is 1.04. The summed E-state index contributed by atoms with van der Waals surface area (Å²) in [5.74, 6) is 0.109. The minimum absolute atomic E-state index is 0.0150. The number of fused-ring (bicyclic) bond motifs is 2. The molecule has 290 valence electrons. The van der Waals surface area contributed by atoms with Gasteiger partial charge in [-0.2, -0.15) is 0 Å². The van der Waals surface area contributed by atoms with Crippen LogP contribution in [0.1, 0.15) is 53.6 Å². The first kappa shape index (κ1) is 39.8. The van der Waals surface area contributed by atoms with Gasteiger partial charge in [0.15, 0.2) is 0 Å². The first-order chi connectivity index (χ1) is 26.5. The van der Waals surface area contributed by atoms with E-state index in [1.165, 1.54) is 17.1 Å². The second-order valence-corrected chi connectivity index (χ2v) is 15.1. The van der Waals surface area contributed by atoms with Gasteiger partial charge in [-0.1, -0.05) is 48.0 Å². The molecule has 6 rings (SSSR count). The molecular formula is C42H49ClN6O6. The van der Waals surface area contributed by atoms with Gasteiger partial charge < -0.3 is 30.1 Å². The summed E-state index contributed by atoms with van der Waals surface area (Å²) < 4.78 is 7.31. The number of carbonyl (C=O) groups is 2. The average Bonchev–Trinajstić information content (AvgIpc) is 3.19. The third kappa shape index (κ3) is 10.1. The third-order valence-electron chi connectivity index (χ3n) is 10.3. The number of pyridine rings is 1. The van der Waals surface area contributed by atoms with Gasteiger partial charge >= 0.3 is 0 Å². The molecule has 1 aliphatic heterocycles. The van der Waals surface area contributed by atoms with E-state index in [1.54, 1.807) is 36.4 Å². The van der Waals surface area contributed by atoms with Gasteiger partial charge in [-0.05, 0) is 82.4 Å². The zero-order valence-electron chi connectivity index (χ0n) is 31.4. The van der Waals surface area contributed by atoms with E-state index in [4.69, 9.17) is 16.3 Å². The summed E-state index contributed by atoms with van der Waals surface area (Å²) >= 11 is 6.38. The molecular weight excluding hydrogens is 720 g/mol. The molecule has 3 N–H and O–H groups in total. The molecule has 2 aromatic heterocycles. The van der Waals surface area contributed by atoms with Crippen molar-refractivity contribution in [3.63, 3.8) is 0 Å². The number of aromatic nitrogens is 3. The number of carbonyl (C=O) groups excluding carboxylic acids is 2. The van der Waals surface area contributed by atoms with Gasteiger partial charge in [0.25, 0.3) is 11.5 Å². The highest BCUT2D eigenvalue weighted by molar-refractivity contribution is 6.36. The molecule has 1 fully saturated rings. The van der Waals surface area contributed by atoms with Gasteiger partial charge in [0.2, 0.25) is 5.91 Å². The molecule has 12 nitrogen and oxygen atoms in total. The second kappa shape index (κ2) is 18.2. The number of hydrogen-bond acceptors (Lipinski definition) is 9. The van der Waals surface area contributed by atoms with Crippen molar-refractivity contribution >= 4 is 45.2 Å². The van der Waals surface area contributed by atoms with E-state index in [2.05, 4.69) is 20.2 Å². The van der Waals surface area contributed by atoms with Gasteiger partial charge in [-0.3, -0.25) is 23.9 Å². The smallest absolute Gasteiger partial charge is 0.261 e. The highest BCUT2D eigenvalue weighted by atomic mass is 35.5. The SMILES string of the molecule is CN(C)CCCOc1ccc2c(=O)n(CC3(O)CCN(C(=O)[C@@H](CCCNC(=O)c4ccc5c(Cl)c(CO)cnc5c4)Cc4ccccc4)CC3)cnc2c1. The number of aliphatic hydroxyl groups is 2. The summed E-state index contributed by atoms with van der Waals surface area (Å²) in [7, 11) is 4.03. The average molecular weight is 769 g/mol. The van der Waals surface area contributed by atoms with Crippen molar-refractivity contribution in [1.82, 2.24) is 29.7 Å². The topological polar surface area (TPSA) is 150 Å². The van der Waals surface area contributed by atoms with Crippen molar-refractivity contribution in [2.75, 3.05) is 46.9 Å². The summed E-state index contributed by atoms with van der Waals surface area (Å²) in [5.41, 5.74) is 1.71. The standard InChI is InChI=1S/C42H49ClN6O6/c1-47(2)18-7-21-55-33-12-14-35-37(24-33)46-28-49(41(35)53)27-42(54)15-19-48(20-16-42)40(52)31(22-29-8-4-3-5-9-29)10-6-17-44-39(51)30-11-13-34-36(23-30)45-25-32(26-50)38(34)43/h3-5,8-9,11-14,23-25,28,31,50,54H,6-7,10,15-22,26-27H2,1-2H3,(H,44,51)/t31-/m0/s1. The van der Waals surface area contributed by atoms with Crippen molar-refractivity contribution in [1.29, 1.82) is 0 Å². The molecule has 1 atom stereocenters. The molecule has 0 radical (unpaired) electrons. The van der Waals surface area contributed by atoms with Crippen molar-refractivity contribution in [3.8, 4) is 5.75 Å². The Labute approximate surface area is 325 Å². The highest BCUT2D eigenvalue weighted by Gasteiger charge is 2.36. The third-order valence-corrected chi connectivity index (χ3v) is 10.7. The molecule has 13 heteroatoms. The molecule has 3 heterocycles. The number of halogens is 1. The van der Waals surface area contributed by atoms with E-state index in [0.29, 0.717) is 102 Å². The van der Waals surface area contributed by atoms with E-state index in [-0.39, 0.29) is 36.4 Å². The van der Waals surface area contributed by atoms with Crippen LogP contribution in [0, 0.1) is 5.92 Å². The molecule has 5 aromatic rings. The van der Waals surface area contributed by atoms with Crippen LogP contribution in [-0.2, 0) is 24.4 Å². The highest BCUT2D eigenvalue weighted by Crippen LogP contribution is 2.28. The largest absolute Gasteiger partial charge is 0.493 e. The minimum Gasteiger partial charge on any atom is -0.493 e. The van der Waals surface area contributed by atoms with Crippen LogP contribution < -0.4 is 15.6 Å². The lowest BCUT2D eigenvalue weighted by Crippen LogP contribution is -2.51. The molecule has 0 unspecified atom stereocenters. The maximum Gasteiger partial charge on any atom is 0.261 e. The molecule has 0 aliphatic carbocycles. The number of likely N-dealkylation sites (tertiary alicyclic amines) is 1. The Morgan fingerprint density at radius 3 is 2.49 bits per heavy atom. The Bertz CT molecular complexity index is 2170. The number of hydrogen-bond donors (Lipinski definition) is 3. The van der Waals surface area contributed by atoms with Crippen LogP contribution in [0.2, 0.25) is 5.02 Å². The molecule has 1 aliphatic rings. The quantitative estimate of drug-likeness (QED) is 0.120. The number of ether oxygens (including phenoxy) is 1. The number of nitrogens with zero attached hydrogens (tertiary/aromatic N) is 5. The van der Waals surface area contributed by atoms with Crippen LogP contribution in [0.5, 0.6) is 5.75 Å². The number of benzene rings is 3. The van der Waals surface area contributed by atoms with Crippen molar-refractivity contribution < 1.29 is 24.5 Å². The van der Waals surface area contributed by atoms with Gasteiger partial charge in [0.05, 0.1) is 53.1 Å². The summed E-state index contributed by atoms with van der Waals surface area (Å²) in [6.45, 7) is 2.44. The summed E-state index contributed by atoms with van der Waals surface area (Å²) in [5, 5.41) is 25.6. The van der Waals surface area contributed by atoms with Gasteiger partial charge in [-0.25, -0.2) is 4.98 Å². The number of piperidine rings is 1. The molecule has 0 bridgehead atoms. The lowest BCUT2D eigenvalue weighted by atomic mass is 9.88. The molecule has 0 saturated carbocycles. The van der Waals surface area contributed by atoms with Crippen LogP contribution in [0.3, 0.4) is 0 Å². The monoisotopic (exact) mass is 768 g/mol. The van der Waals surface area contributed by atoms with Crippen LogP contribution in [0.4, 0.5) is 0 Å². The lowest BCUT2D eigenvalue weighted by molar-refractivity contribution is -0.140. The summed E-state index contributed by atoms with van der Waals surface area (Å²) in [6, 6.07) is 20.2. The molecule has 0 spiro atoms. The van der Waals surface area contributed by atoms with E-state index >= 15 is 0 Å². The maximum atomic E-state index is 14.0. The Morgan fingerprint density at radius 1 is 1.00 bits per heavy atom. The lowest BCUT2D eigenvalue weighted by Gasteiger charge is -2.39. The number of aliphatic hydroxyl groups excluding tert-OH is 1. The fourth-order valence-corrected chi connectivity index (χ4v) is 7.37. The molecule has 2 amide bonds. The predicted octanol–water partition coefficient (Wildman–Crippen LogP) is 4.84. The van der Waals surface area contributed by atoms with Gasteiger partial charge in [-0.15, -0.1) is 0 Å². The first-order valence-electron chi connectivity index (χ1n) is 18.8. The Morgan fingerprint density at radius 2 is 1.75 bits per heavy atom. The minimum atomic E-state index is -1.17. The van der Waals surface area contributed by atoms with Crippen LogP contribution in [0.25, 0.3) is 21.8 Å². The van der Waals surface area contributed by atoms with Gasteiger partial charge in [0, 0.05) is 60.9 Å². The second-order valence-electron chi connectivity index (χ2n) is 14.7. The van der Waals surface area contributed by atoms with Crippen molar-refractivity contribution in [2.24, 2.45) is 5.92 Å². The van der Waals surface area contributed by atoms with Crippen LogP contribution in [0.15, 0.2) is 84.0 Å². The normalized spacial score (nSPS) is 14.7. The zero-order valence-corrected chi connectivity index (χ0v) is 32.2. The zero-order chi connectivity index (χ0) is 39.0. The predicted molar refractivity (Wildman–Crippen MR) is 213 cm³/mol. The molecule has 55 heavy (non-hydrogen) atoms. The summed E-state index contributed by atoms with van der Waals surface area (Å²) in [4.78, 5) is 53.2. The van der Waals surface area contributed by atoms with E-state index in [9.17, 15) is 24.6 Å². The summed E-state index contributed by atoms with van der Waals surface area (Å²) in [6.07, 6.45) is 6.22. The fourth-order valence-electron chi connectivity index (χ4n) is 7.10. The Kier molecular flexibility index (Phi) is 13.1. The van der Waals surface area contributed by atoms with Crippen molar-refractivity contribution in [2.45, 2.75) is 57.3 Å². The van der Waals surface area contributed by atoms with E-state index in [0.717, 1.165) is 18.5 Å². The molecule has 3 aromatic carbocycles. The van der Waals surface area contributed by atoms with E-state index < -0.39 is 5.60 Å². The number of rotatable bonds is 16. The van der Waals surface area contributed by atoms with Crippen molar-refractivity contribution in [3.05, 3.63) is 111 Å². The van der Waals surface area contributed by atoms with Gasteiger partial charge in [0.1, 0.15) is 5.75 Å². The first-order valence-corrected chi connectivity index (χ1v) is 19.2. The van der Waals surface area contributed by atoms with E-state index in [1.807, 2.05) is 49.3 Å². The Hall–Kier alpha value is -4.88. The fraction of sp³-hybridized carbons (Fsp3) is 0.405. The number of nitrogens with one attached hydrogen (secondary N) is 1. The molecule has 1 saturated heterocycles. The maximum absolute atomic E-state index is 14.0. The van der Waals surface area contributed by atoms with Crippen LogP contribution in [-0.4, -0.2) is 98.8 Å².